The van der Waals surface area contributed by atoms with E-state index in [1.54, 1.807) is 0 Å². The van der Waals surface area contributed by atoms with Crippen LogP contribution in [0, 0.1) is 28.6 Å². The number of carboxylic acids is 1. The largest absolute Gasteiger partial charge is 0.478 e. The van der Waals surface area contributed by atoms with Gasteiger partial charge >= 0.3 is 5.97 Å². The van der Waals surface area contributed by atoms with Crippen LogP contribution in [0.5, 0.6) is 0 Å². The molecule has 0 aromatic rings. The van der Waals surface area contributed by atoms with Crippen molar-refractivity contribution in [1.82, 2.24) is 0 Å². The topological polar surface area (TPSA) is 37.3 Å². The number of hydrogen-bond acceptors (Lipinski definition) is 1. The van der Waals surface area contributed by atoms with E-state index in [-0.39, 0.29) is 0 Å². The van der Waals surface area contributed by atoms with Crippen molar-refractivity contribution in [2.45, 2.75) is 65.7 Å². The number of carboxylic acid groups (broad SMARTS) is 1. The van der Waals surface area contributed by atoms with Crippen LogP contribution < -0.4 is 0 Å². The maximum Gasteiger partial charge on any atom is 0.328 e. The van der Waals surface area contributed by atoms with Gasteiger partial charge < -0.3 is 5.11 Å². The van der Waals surface area contributed by atoms with Crippen LogP contribution >= 0.6 is 0 Å². The van der Waals surface area contributed by atoms with E-state index in [1.165, 1.54) is 43.8 Å². The van der Waals surface area contributed by atoms with E-state index < -0.39 is 5.97 Å². The van der Waals surface area contributed by atoms with Gasteiger partial charge in [0.1, 0.15) is 0 Å². The molecule has 1 N–H and O–H groups in total. The van der Waals surface area contributed by atoms with Crippen LogP contribution in [-0.4, -0.2) is 11.1 Å². The van der Waals surface area contributed by atoms with Gasteiger partial charge in [-0.2, -0.15) is 0 Å². The molecule has 1 unspecified atom stereocenters. The Morgan fingerprint density at radius 1 is 1.36 bits per heavy atom. The summed E-state index contributed by atoms with van der Waals surface area (Å²) >= 11 is 0. The predicted octanol–water partition coefficient (Wildman–Crippen LogP) is 5.21. The van der Waals surface area contributed by atoms with E-state index in [9.17, 15) is 4.79 Å². The molecule has 0 bridgehead atoms. The van der Waals surface area contributed by atoms with Crippen LogP contribution in [0.15, 0.2) is 23.8 Å². The Labute approximate surface area is 134 Å². The molecule has 0 amide bonds. The fourth-order valence-corrected chi connectivity index (χ4v) is 5.98. The van der Waals surface area contributed by atoms with E-state index in [0.717, 1.165) is 30.3 Å². The molecular weight excluding hydrogens is 272 g/mol. The van der Waals surface area contributed by atoms with Crippen molar-refractivity contribution in [3.8, 4) is 0 Å². The fraction of sp³-hybridized carbons (Fsp3) is 0.750. The van der Waals surface area contributed by atoms with E-state index in [4.69, 9.17) is 5.11 Å². The lowest BCUT2D eigenvalue weighted by atomic mass is 9.50. The summed E-state index contributed by atoms with van der Waals surface area (Å²) in [7, 11) is 0. The number of aliphatic carboxylic acids is 1. The first-order valence-corrected chi connectivity index (χ1v) is 8.85. The summed E-state index contributed by atoms with van der Waals surface area (Å²) in [4.78, 5) is 10.8. The molecule has 3 fully saturated rings. The van der Waals surface area contributed by atoms with Gasteiger partial charge in [0.05, 0.1) is 0 Å². The monoisotopic (exact) mass is 302 g/mol. The third-order valence-electron chi connectivity index (χ3n) is 7.32. The van der Waals surface area contributed by atoms with Crippen molar-refractivity contribution < 1.29 is 9.90 Å². The lowest BCUT2D eigenvalue weighted by Gasteiger charge is -2.54. The van der Waals surface area contributed by atoms with Gasteiger partial charge in [0.15, 0.2) is 0 Å². The Morgan fingerprint density at radius 3 is 2.77 bits per heavy atom. The lowest BCUT2D eigenvalue weighted by molar-refractivity contribution is -0.131. The highest BCUT2D eigenvalue weighted by Crippen LogP contribution is 2.73. The predicted molar refractivity (Wildman–Crippen MR) is 89.5 cm³/mol. The van der Waals surface area contributed by atoms with Crippen molar-refractivity contribution in [3.05, 3.63) is 23.8 Å². The van der Waals surface area contributed by atoms with Crippen molar-refractivity contribution in [2.24, 2.45) is 28.6 Å². The van der Waals surface area contributed by atoms with Crippen LogP contribution in [0.3, 0.4) is 0 Å². The van der Waals surface area contributed by atoms with Crippen LogP contribution in [0.2, 0.25) is 0 Å². The average molecular weight is 302 g/mol. The first-order chi connectivity index (χ1) is 10.3. The second-order valence-corrected chi connectivity index (χ2v) is 8.62. The minimum atomic E-state index is -0.824. The van der Waals surface area contributed by atoms with Gasteiger partial charge in [0.2, 0.25) is 0 Å². The van der Waals surface area contributed by atoms with Crippen LogP contribution in [0.1, 0.15) is 65.7 Å². The zero-order valence-electron chi connectivity index (χ0n) is 14.3. The van der Waals surface area contributed by atoms with Crippen molar-refractivity contribution >= 4 is 5.97 Å². The summed E-state index contributed by atoms with van der Waals surface area (Å²) in [6.45, 7) is 11.4. The molecule has 3 aliphatic rings. The van der Waals surface area contributed by atoms with E-state index in [2.05, 4.69) is 20.4 Å². The Kier molecular flexibility index (Phi) is 3.78. The molecule has 0 saturated heterocycles. The van der Waals surface area contributed by atoms with Crippen molar-refractivity contribution in [3.63, 3.8) is 0 Å². The second kappa shape index (κ2) is 5.25. The normalized spacial score (nSPS) is 44.2. The minimum absolute atomic E-state index is 0.389. The molecule has 122 valence electrons. The smallest absolute Gasteiger partial charge is 0.328 e. The molecule has 2 heteroatoms. The average Bonchev–Trinajstić information content (AvgIpc) is 3.08. The van der Waals surface area contributed by atoms with Crippen LogP contribution in [0.25, 0.3) is 0 Å². The maximum atomic E-state index is 10.8. The van der Waals surface area contributed by atoms with Gasteiger partial charge in [-0.15, -0.1) is 0 Å². The van der Waals surface area contributed by atoms with Gasteiger partial charge in [-0.1, -0.05) is 31.6 Å². The summed E-state index contributed by atoms with van der Waals surface area (Å²) in [6, 6.07) is 0. The molecule has 2 nitrogen and oxygen atoms in total. The molecule has 0 aromatic carbocycles. The van der Waals surface area contributed by atoms with Gasteiger partial charge in [-0.25, -0.2) is 4.79 Å². The molecule has 3 aliphatic carbocycles. The molecule has 0 aliphatic heterocycles. The molecule has 5 atom stereocenters. The van der Waals surface area contributed by atoms with E-state index in [0.29, 0.717) is 16.7 Å². The highest BCUT2D eigenvalue weighted by atomic mass is 16.4. The lowest BCUT2D eigenvalue weighted by Crippen LogP contribution is -2.46. The molecule has 0 heterocycles. The Balaban J connectivity index is 1.76. The van der Waals surface area contributed by atoms with Gasteiger partial charge in [-0.3, -0.25) is 0 Å². The number of fused-ring (bicyclic) bond motifs is 3. The third kappa shape index (κ3) is 2.45. The quantitative estimate of drug-likeness (QED) is 0.572. The van der Waals surface area contributed by atoms with Gasteiger partial charge in [0, 0.05) is 6.08 Å². The molecule has 3 saturated carbocycles. The summed E-state index contributed by atoms with van der Waals surface area (Å²) in [5, 5.41) is 8.89. The second-order valence-electron chi connectivity index (χ2n) is 8.62. The summed E-state index contributed by atoms with van der Waals surface area (Å²) < 4.78 is 0. The summed E-state index contributed by atoms with van der Waals surface area (Å²) in [5.41, 5.74) is 3.39. The van der Waals surface area contributed by atoms with Gasteiger partial charge in [-0.05, 0) is 80.5 Å². The van der Waals surface area contributed by atoms with E-state index in [1.807, 2.05) is 6.92 Å². The Morgan fingerprint density at radius 2 is 2.09 bits per heavy atom. The number of rotatable bonds is 4. The molecule has 22 heavy (non-hydrogen) atoms. The Hall–Kier alpha value is -1.05. The highest BCUT2D eigenvalue weighted by Gasteiger charge is 2.64. The Bertz CT molecular complexity index is 532. The SMILES string of the molecule is C=C1CC[C@@H]2[C@](C)(CCC3C[C@@]32C)[C@H]1CC/C(C)=C/C(=O)O. The molecular formula is C20H30O2. The summed E-state index contributed by atoms with van der Waals surface area (Å²) in [5.74, 6) is 1.57. The van der Waals surface area contributed by atoms with Gasteiger partial charge in [0.25, 0.3) is 0 Å². The number of allylic oxidation sites excluding steroid dienone is 2. The maximum absolute atomic E-state index is 10.8. The summed E-state index contributed by atoms with van der Waals surface area (Å²) in [6.07, 6.45) is 9.98. The van der Waals surface area contributed by atoms with Crippen molar-refractivity contribution in [2.75, 3.05) is 0 Å². The highest BCUT2D eigenvalue weighted by molar-refractivity contribution is 5.80. The standard InChI is InChI=1S/C20H30O2/c1-13(11-18(21)22)5-7-16-14(2)6-8-17-19(16,3)10-9-15-12-20(15,17)4/h11,15-17H,2,5-10,12H2,1,3-4H3,(H,21,22)/b13-11+/t15?,16-,17+,19+,20-/m0/s1. The third-order valence-corrected chi connectivity index (χ3v) is 7.32. The number of hydrogen-bond donors (Lipinski definition) is 1. The molecule has 0 radical (unpaired) electrons. The first kappa shape index (κ1) is 15.8. The minimum Gasteiger partial charge on any atom is -0.478 e. The van der Waals surface area contributed by atoms with Crippen LogP contribution in [0.4, 0.5) is 0 Å². The van der Waals surface area contributed by atoms with E-state index >= 15 is 0 Å². The fourth-order valence-electron chi connectivity index (χ4n) is 5.98. The molecule has 3 rings (SSSR count). The van der Waals surface area contributed by atoms with Crippen molar-refractivity contribution in [1.29, 1.82) is 0 Å². The zero-order valence-corrected chi connectivity index (χ0v) is 14.3. The first-order valence-electron chi connectivity index (χ1n) is 8.85. The van der Waals surface area contributed by atoms with Crippen LogP contribution in [-0.2, 0) is 4.79 Å². The number of carbonyl (C=O) groups is 1. The molecule has 0 spiro atoms. The molecule has 0 aromatic heterocycles. The zero-order chi connectivity index (χ0) is 16.1.